The summed E-state index contributed by atoms with van der Waals surface area (Å²) < 4.78 is 0. The molecule has 14 heavy (non-hydrogen) atoms. The maximum atomic E-state index is 11.4. The highest BCUT2D eigenvalue weighted by Crippen LogP contribution is 2.58. The molecule has 76 valence electrons. The summed E-state index contributed by atoms with van der Waals surface area (Å²) in [5, 5.41) is 19.4. The Labute approximate surface area is 81.7 Å². The zero-order valence-corrected chi connectivity index (χ0v) is 8.07. The fourth-order valence-corrected chi connectivity index (χ4v) is 1.82. The quantitative estimate of drug-likeness (QED) is 0.621. The van der Waals surface area contributed by atoms with Crippen LogP contribution in [0.15, 0.2) is 0 Å². The van der Waals surface area contributed by atoms with Gasteiger partial charge in [0, 0.05) is 0 Å². The molecule has 0 heterocycles. The number of carbonyl (C=O) groups is 2. The number of hydrogen-bond donors (Lipinski definition) is 2. The summed E-state index contributed by atoms with van der Waals surface area (Å²) in [5.74, 6) is -2.43. The number of aliphatic carboxylic acids is 1. The molecule has 0 saturated heterocycles. The van der Waals surface area contributed by atoms with Crippen LogP contribution in [0.1, 0.15) is 13.8 Å². The van der Waals surface area contributed by atoms with Gasteiger partial charge in [-0.3, -0.25) is 9.59 Å². The second-order valence-corrected chi connectivity index (χ2v) is 3.99. The van der Waals surface area contributed by atoms with Crippen molar-refractivity contribution in [2.75, 3.05) is 6.54 Å². The number of amides is 1. The molecule has 0 spiro atoms. The molecule has 5 nitrogen and oxygen atoms in total. The Morgan fingerprint density at radius 2 is 2.07 bits per heavy atom. The van der Waals surface area contributed by atoms with Crippen molar-refractivity contribution in [2.45, 2.75) is 13.8 Å². The predicted molar refractivity (Wildman–Crippen MR) is 47.0 cm³/mol. The van der Waals surface area contributed by atoms with Gasteiger partial charge in [-0.2, -0.15) is 5.26 Å². The van der Waals surface area contributed by atoms with E-state index in [-0.39, 0.29) is 12.5 Å². The van der Waals surface area contributed by atoms with Gasteiger partial charge in [0.25, 0.3) is 0 Å². The second kappa shape index (κ2) is 3.29. The van der Waals surface area contributed by atoms with Crippen molar-refractivity contribution in [2.24, 2.45) is 17.3 Å². The van der Waals surface area contributed by atoms with Gasteiger partial charge >= 0.3 is 5.97 Å². The van der Waals surface area contributed by atoms with E-state index >= 15 is 0 Å². The summed E-state index contributed by atoms with van der Waals surface area (Å²) in [5.41, 5.74) is -0.495. The molecule has 0 aliphatic heterocycles. The molecule has 1 amide bonds. The maximum Gasteiger partial charge on any atom is 0.307 e. The molecular weight excluding hydrogens is 184 g/mol. The minimum absolute atomic E-state index is 0.0717. The maximum absolute atomic E-state index is 11.4. The zero-order valence-electron chi connectivity index (χ0n) is 8.07. The summed E-state index contributed by atoms with van der Waals surface area (Å²) in [6, 6.07) is 1.77. The lowest BCUT2D eigenvalue weighted by atomic mass is 10.1. The summed E-state index contributed by atoms with van der Waals surface area (Å²) in [4.78, 5) is 22.1. The Morgan fingerprint density at radius 1 is 1.50 bits per heavy atom. The van der Waals surface area contributed by atoms with Gasteiger partial charge in [-0.25, -0.2) is 0 Å². The molecule has 0 aromatic carbocycles. The van der Waals surface area contributed by atoms with Crippen LogP contribution in [0.5, 0.6) is 0 Å². The van der Waals surface area contributed by atoms with Crippen LogP contribution in [0.2, 0.25) is 0 Å². The predicted octanol–water partition coefficient (Wildman–Crippen LogP) is -0.0170. The summed E-state index contributed by atoms with van der Waals surface area (Å²) >= 11 is 0. The highest BCUT2D eigenvalue weighted by molar-refractivity contribution is 5.91. The number of nitriles is 1. The van der Waals surface area contributed by atoms with Crippen molar-refractivity contribution >= 4 is 11.9 Å². The third-order valence-corrected chi connectivity index (χ3v) is 2.72. The van der Waals surface area contributed by atoms with E-state index in [1.165, 1.54) is 0 Å². The molecule has 0 aromatic rings. The van der Waals surface area contributed by atoms with Gasteiger partial charge in [0.15, 0.2) is 0 Å². The number of carboxylic acid groups (broad SMARTS) is 1. The number of carboxylic acids is 1. The van der Waals surface area contributed by atoms with E-state index in [0.29, 0.717) is 0 Å². The standard InChI is InChI=1S/C9H12N2O3/c1-9(2)5(6(9)8(13)14)7(12)11-4-3-10/h5-6H,4H2,1-2H3,(H,11,12)(H,13,14)/t5-,6+/m1/s1. The average molecular weight is 196 g/mol. The first-order chi connectivity index (χ1) is 6.42. The molecule has 2 N–H and O–H groups in total. The van der Waals surface area contributed by atoms with Crippen LogP contribution in [0.3, 0.4) is 0 Å². The largest absolute Gasteiger partial charge is 0.481 e. The Bertz CT molecular complexity index is 317. The highest BCUT2D eigenvalue weighted by Gasteiger charge is 2.65. The van der Waals surface area contributed by atoms with Crippen LogP contribution in [0, 0.1) is 28.6 Å². The Morgan fingerprint density at radius 3 is 2.43 bits per heavy atom. The fourth-order valence-electron chi connectivity index (χ4n) is 1.82. The second-order valence-electron chi connectivity index (χ2n) is 3.99. The first-order valence-corrected chi connectivity index (χ1v) is 4.30. The molecule has 0 bridgehead atoms. The van der Waals surface area contributed by atoms with E-state index in [9.17, 15) is 9.59 Å². The van der Waals surface area contributed by atoms with Crippen LogP contribution in [0.25, 0.3) is 0 Å². The van der Waals surface area contributed by atoms with Gasteiger partial charge in [0.2, 0.25) is 5.91 Å². The van der Waals surface area contributed by atoms with E-state index in [4.69, 9.17) is 10.4 Å². The molecule has 0 radical (unpaired) electrons. The summed E-state index contributed by atoms with van der Waals surface area (Å²) in [7, 11) is 0. The third kappa shape index (κ3) is 1.55. The topological polar surface area (TPSA) is 90.2 Å². The van der Waals surface area contributed by atoms with Crippen molar-refractivity contribution in [3.63, 3.8) is 0 Å². The van der Waals surface area contributed by atoms with Gasteiger partial charge in [0.05, 0.1) is 17.9 Å². The van der Waals surface area contributed by atoms with E-state index < -0.39 is 23.2 Å². The monoisotopic (exact) mass is 196 g/mol. The van der Waals surface area contributed by atoms with Crippen molar-refractivity contribution in [3.8, 4) is 6.07 Å². The lowest BCUT2D eigenvalue weighted by molar-refractivity contribution is -0.140. The van der Waals surface area contributed by atoms with Gasteiger partial charge < -0.3 is 10.4 Å². The number of carbonyl (C=O) groups excluding carboxylic acids is 1. The minimum Gasteiger partial charge on any atom is -0.481 e. The number of rotatable bonds is 3. The lowest BCUT2D eigenvalue weighted by Crippen LogP contribution is -2.27. The Hall–Kier alpha value is -1.57. The normalized spacial score (nSPS) is 27.5. The van der Waals surface area contributed by atoms with Crippen molar-refractivity contribution in [1.29, 1.82) is 5.26 Å². The Balaban J connectivity index is 2.60. The molecule has 1 saturated carbocycles. The average Bonchev–Trinajstić information content (AvgIpc) is 2.65. The van der Waals surface area contributed by atoms with Crippen molar-refractivity contribution in [3.05, 3.63) is 0 Å². The van der Waals surface area contributed by atoms with Gasteiger partial charge in [-0.1, -0.05) is 13.8 Å². The van der Waals surface area contributed by atoms with Crippen LogP contribution in [-0.2, 0) is 9.59 Å². The molecule has 2 atom stereocenters. The zero-order chi connectivity index (χ0) is 10.9. The molecule has 1 aliphatic rings. The van der Waals surface area contributed by atoms with Crippen LogP contribution in [0.4, 0.5) is 0 Å². The first kappa shape index (κ1) is 10.5. The van der Waals surface area contributed by atoms with E-state index in [1.807, 2.05) is 0 Å². The minimum atomic E-state index is -0.952. The number of nitrogens with one attached hydrogen (secondary N) is 1. The lowest BCUT2D eigenvalue weighted by Gasteiger charge is -2.00. The van der Waals surface area contributed by atoms with Gasteiger partial charge in [-0.15, -0.1) is 0 Å². The smallest absolute Gasteiger partial charge is 0.307 e. The molecule has 5 heteroatoms. The Kier molecular flexibility index (Phi) is 2.47. The SMILES string of the molecule is CC1(C)[C@H](C(=O)O)[C@@H]1C(=O)NCC#N. The van der Waals surface area contributed by atoms with E-state index in [2.05, 4.69) is 5.32 Å². The molecule has 0 unspecified atom stereocenters. The molecular formula is C9H12N2O3. The molecule has 0 aromatic heterocycles. The molecule has 1 aliphatic carbocycles. The number of nitrogens with zero attached hydrogens (tertiary/aromatic N) is 1. The summed E-state index contributed by atoms with van der Waals surface area (Å²) in [6.45, 7) is 3.41. The first-order valence-electron chi connectivity index (χ1n) is 4.30. The van der Waals surface area contributed by atoms with Crippen molar-refractivity contribution in [1.82, 2.24) is 5.32 Å². The highest BCUT2D eigenvalue weighted by atomic mass is 16.4. The van der Waals surface area contributed by atoms with Crippen LogP contribution in [-0.4, -0.2) is 23.5 Å². The van der Waals surface area contributed by atoms with E-state index in [1.54, 1.807) is 19.9 Å². The number of hydrogen-bond acceptors (Lipinski definition) is 3. The third-order valence-electron chi connectivity index (χ3n) is 2.72. The fraction of sp³-hybridized carbons (Fsp3) is 0.667. The summed E-state index contributed by atoms with van der Waals surface area (Å²) in [6.07, 6.45) is 0. The molecule has 1 rings (SSSR count). The van der Waals surface area contributed by atoms with Crippen molar-refractivity contribution < 1.29 is 14.7 Å². The van der Waals surface area contributed by atoms with Gasteiger partial charge in [0.1, 0.15) is 6.54 Å². The van der Waals surface area contributed by atoms with Gasteiger partial charge in [-0.05, 0) is 5.41 Å². The molecule has 1 fully saturated rings. The van der Waals surface area contributed by atoms with E-state index in [0.717, 1.165) is 0 Å². The van der Waals surface area contributed by atoms with Crippen LogP contribution >= 0.6 is 0 Å². The van der Waals surface area contributed by atoms with Crippen LogP contribution < -0.4 is 5.32 Å².